The fourth-order valence-electron chi connectivity index (χ4n) is 4.89. The van der Waals surface area contributed by atoms with E-state index in [2.05, 4.69) is 71.3 Å². The van der Waals surface area contributed by atoms with Gasteiger partial charge in [0.1, 0.15) is 5.76 Å². The van der Waals surface area contributed by atoms with E-state index in [4.69, 9.17) is 4.42 Å². The van der Waals surface area contributed by atoms with Gasteiger partial charge in [0.2, 0.25) is 0 Å². The van der Waals surface area contributed by atoms with Crippen LogP contribution < -0.4 is 5.56 Å². The van der Waals surface area contributed by atoms with Gasteiger partial charge in [-0.25, -0.2) is 4.68 Å². The minimum atomic E-state index is -0.154. The molecule has 37 heavy (non-hydrogen) atoms. The molecule has 5 aromatic rings. The molecule has 2 aromatic carbocycles. The Kier molecular flexibility index (Phi) is 7.01. The van der Waals surface area contributed by atoms with Crippen molar-refractivity contribution in [2.24, 2.45) is 5.92 Å². The summed E-state index contributed by atoms with van der Waals surface area (Å²) in [7, 11) is 0. The van der Waals surface area contributed by atoms with Crippen molar-refractivity contribution in [1.29, 1.82) is 0 Å². The first-order chi connectivity index (χ1) is 17.9. The van der Waals surface area contributed by atoms with Crippen LogP contribution in [0.5, 0.6) is 0 Å². The van der Waals surface area contributed by atoms with E-state index >= 15 is 0 Å². The molecule has 0 fully saturated rings. The second-order valence-electron chi connectivity index (χ2n) is 10.0. The predicted octanol–water partition coefficient (Wildman–Crippen LogP) is 5.17. The van der Waals surface area contributed by atoms with Gasteiger partial charge in [0.15, 0.2) is 5.82 Å². The third-order valence-electron chi connectivity index (χ3n) is 6.87. The van der Waals surface area contributed by atoms with Crippen LogP contribution in [0.15, 0.2) is 76.1 Å². The third kappa shape index (κ3) is 5.39. The third-order valence-corrected chi connectivity index (χ3v) is 6.87. The number of aromatic amines is 1. The summed E-state index contributed by atoms with van der Waals surface area (Å²) in [6, 6.07) is 20.0. The molecule has 0 amide bonds. The first-order valence-corrected chi connectivity index (χ1v) is 12.6. The van der Waals surface area contributed by atoms with Gasteiger partial charge in [-0.05, 0) is 82.6 Å². The molecule has 3 aromatic heterocycles. The number of nitrogens with one attached hydrogen (secondary N) is 1. The fourth-order valence-corrected chi connectivity index (χ4v) is 4.89. The Morgan fingerprint density at radius 3 is 2.51 bits per heavy atom. The maximum absolute atomic E-state index is 13.2. The van der Waals surface area contributed by atoms with Crippen molar-refractivity contribution in [3.05, 3.63) is 111 Å². The van der Waals surface area contributed by atoms with Gasteiger partial charge in [0, 0.05) is 17.6 Å². The molecule has 8 nitrogen and oxygen atoms in total. The average Bonchev–Trinajstić information content (AvgIpc) is 3.54. The quantitative estimate of drug-likeness (QED) is 0.303. The summed E-state index contributed by atoms with van der Waals surface area (Å²) in [5, 5.41) is 13.8. The van der Waals surface area contributed by atoms with Gasteiger partial charge in [0.25, 0.3) is 5.56 Å². The van der Waals surface area contributed by atoms with Crippen molar-refractivity contribution in [2.45, 2.75) is 53.4 Å². The normalized spacial score (nSPS) is 12.6. The van der Waals surface area contributed by atoms with Crippen LogP contribution in [0.2, 0.25) is 0 Å². The molecule has 0 bridgehead atoms. The second-order valence-corrected chi connectivity index (χ2v) is 10.0. The maximum Gasteiger partial charge on any atom is 0.252 e. The number of aromatic nitrogens is 5. The zero-order chi connectivity index (χ0) is 25.9. The number of nitrogens with zero attached hydrogens (tertiary/aromatic N) is 5. The molecule has 0 radical (unpaired) electrons. The van der Waals surface area contributed by atoms with Gasteiger partial charge in [0.05, 0.1) is 25.4 Å². The fraction of sp³-hybridized carbons (Fsp3) is 0.310. The van der Waals surface area contributed by atoms with Crippen molar-refractivity contribution in [3.8, 4) is 0 Å². The number of hydrogen-bond donors (Lipinski definition) is 1. The Labute approximate surface area is 215 Å². The Hall–Kier alpha value is -4.04. The smallest absolute Gasteiger partial charge is 0.252 e. The number of pyridine rings is 1. The second kappa shape index (κ2) is 10.5. The zero-order valence-corrected chi connectivity index (χ0v) is 21.7. The minimum absolute atomic E-state index is 0.0911. The summed E-state index contributed by atoms with van der Waals surface area (Å²) < 4.78 is 7.57. The number of rotatable bonds is 9. The highest BCUT2D eigenvalue weighted by molar-refractivity contribution is 5.80. The summed E-state index contributed by atoms with van der Waals surface area (Å²) in [6.07, 6.45) is 1.67. The predicted molar refractivity (Wildman–Crippen MR) is 143 cm³/mol. The van der Waals surface area contributed by atoms with Gasteiger partial charge in [-0.2, -0.15) is 0 Å². The van der Waals surface area contributed by atoms with Crippen molar-refractivity contribution < 1.29 is 4.42 Å². The molecule has 0 spiro atoms. The number of aryl methyl sites for hydroxylation is 2. The summed E-state index contributed by atoms with van der Waals surface area (Å²) >= 11 is 0. The van der Waals surface area contributed by atoms with Crippen LogP contribution in [0.4, 0.5) is 0 Å². The largest absolute Gasteiger partial charge is 0.468 e. The molecule has 0 aliphatic rings. The highest BCUT2D eigenvalue weighted by Gasteiger charge is 2.30. The zero-order valence-electron chi connectivity index (χ0n) is 21.7. The monoisotopic (exact) mass is 496 g/mol. The summed E-state index contributed by atoms with van der Waals surface area (Å²) in [5.41, 5.74) is 4.91. The molecule has 190 valence electrons. The Morgan fingerprint density at radius 1 is 1.00 bits per heavy atom. The van der Waals surface area contributed by atoms with Gasteiger partial charge in [-0.15, -0.1) is 5.10 Å². The van der Waals surface area contributed by atoms with Crippen LogP contribution in [0, 0.1) is 19.8 Å². The van der Waals surface area contributed by atoms with Crippen molar-refractivity contribution in [2.75, 3.05) is 0 Å². The highest BCUT2D eigenvalue weighted by Crippen LogP contribution is 2.30. The molecule has 0 unspecified atom stereocenters. The number of H-pyrrole nitrogens is 1. The number of fused-ring (bicyclic) bond motifs is 1. The Bertz CT molecular complexity index is 1540. The Morgan fingerprint density at radius 2 is 1.78 bits per heavy atom. The molecular formula is C29H32N6O2. The number of hydrogen-bond acceptors (Lipinski definition) is 6. The van der Waals surface area contributed by atoms with Crippen molar-refractivity contribution >= 4 is 10.9 Å². The molecule has 8 heteroatoms. The standard InChI is InChI=1S/C29H32N6O2/c1-19(2)27(28-31-32-33-35(28)16-22-9-6-5-7-10-22)34(18-25-11-8-12-37-25)17-24-15-23-13-20(3)21(4)14-26(23)30-29(24)36/h5-15,19,27H,16-18H2,1-4H3,(H,30,36)/t27-/m0/s1. The first-order valence-electron chi connectivity index (χ1n) is 12.6. The minimum Gasteiger partial charge on any atom is -0.468 e. The SMILES string of the molecule is Cc1cc2cc(CN(Cc3ccco3)[C@H](c3nnnn3Cc3ccccc3)C(C)C)c(=O)[nH]c2cc1C. The van der Waals surface area contributed by atoms with E-state index in [0.717, 1.165) is 33.6 Å². The lowest BCUT2D eigenvalue weighted by Crippen LogP contribution is -2.35. The molecule has 5 rings (SSSR count). The topological polar surface area (TPSA) is 92.8 Å². The van der Waals surface area contributed by atoms with Crippen LogP contribution in [0.25, 0.3) is 10.9 Å². The summed E-state index contributed by atoms with van der Waals surface area (Å²) in [6.45, 7) is 9.94. The van der Waals surface area contributed by atoms with E-state index in [1.165, 1.54) is 5.56 Å². The van der Waals surface area contributed by atoms with Crippen LogP contribution in [-0.2, 0) is 19.6 Å². The van der Waals surface area contributed by atoms with Crippen LogP contribution >= 0.6 is 0 Å². The van der Waals surface area contributed by atoms with Crippen molar-refractivity contribution in [1.82, 2.24) is 30.1 Å². The molecule has 0 aliphatic heterocycles. The molecular weight excluding hydrogens is 464 g/mol. The van der Waals surface area contributed by atoms with E-state index < -0.39 is 0 Å². The van der Waals surface area contributed by atoms with Gasteiger partial charge in [-0.1, -0.05) is 44.2 Å². The van der Waals surface area contributed by atoms with Crippen molar-refractivity contribution in [3.63, 3.8) is 0 Å². The van der Waals surface area contributed by atoms with Gasteiger partial charge < -0.3 is 9.40 Å². The average molecular weight is 497 g/mol. The highest BCUT2D eigenvalue weighted by atomic mass is 16.3. The number of furan rings is 1. The summed E-state index contributed by atoms with van der Waals surface area (Å²) in [4.78, 5) is 18.5. The van der Waals surface area contributed by atoms with Gasteiger partial charge >= 0.3 is 0 Å². The molecule has 1 atom stereocenters. The summed E-state index contributed by atoms with van der Waals surface area (Å²) in [5.74, 6) is 1.74. The lowest BCUT2D eigenvalue weighted by molar-refractivity contribution is 0.116. The van der Waals surface area contributed by atoms with E-state index in [1.807, 2.05) is 47.1 Å². The maximum atomic E-state index is 13.2. The van der Waals surface area contributed by atoms with E-state index in [1.54, 1.807) is 6.26 Å². The molecule has 0 aliphatic carbocycles. The lowest BCUT2D eigenvalue weighted by atomic mass is 9.99. The molecule has 0 saturated carbocycles. The van der Waals surface area contributed by atoms with E-state index in [9.17, 15) is 4.79 Å². The molecule has 1 N–H and O–H groups in total. The van der Waals surface area contributed by atoms with Crippen LogP contribution in [-0.4, -0.2) is 30.1 Å². The number of tetrazole rings is 1. The lowest BCUT2D eigenvalue weighted by Gasteiger charge is -2.33. The molecule has 3 heterocycles. The van der Waals surface area contributed by atoms with E-state index in [-0.39, 0.29) is 17.5 Å². The Balaban J connectivity index is 1.54. The van der Waals surface area contributed by atoms with Gasteiger partial charge in [-0.3, -0.25) is 9.69 Å². The van der Waals surface area contributed by atoms with E-state index in [0.29, 0.717) is 25.2 Å². The number of benzene rings is 2. The van der Waals surface area contributed by atoms with Crippen LogP contribution in [0.3, 0.4) is 0 Å². The first kappa shape index (κ1) is 24.6. The molecule has 0 saturated heterocycles. The van der Waals surface area contributed by atoms with Crippen LogP contribution in [0.1, 0.15) is 53.7 Å².